The van der Waals surface area contributed by atoms with Crippen LogP contribution in [0.2, 0.25) is 0 Å². The van der Waals surface area contributed by atoms with Gasteiger partial charge in [-0.25, -0.2) is 0 Å². The second-order valence-corrected chi connectivity index (χ2v) is 3.46. The molecule has 1 aromatic carbocycles. The van der Waals surface area contributed by atoms with Crippen LogP contribution in [0.4, 0.5) is 0 Å². The Labute approximate surface area is 93.8 Å². The quantitative estimate of drug-likeness (QED) is 0.665. The summed E-state index contributed by atoms with van der Waals surface area (Å²) in [5, 5.41) is 0. The van der Waals surface area contributed by atoms with E-state index in [4.69, 9.17) is 4.74 Å². The molecule has 0 aromatic heterocycles. The van der Waals surface area contributed by atoms with E-state index in [1.807, 2.05) is 39.8 Å². The summed E-state index contributed by atoms with van der Waals surface area (Å²) in [7, 11) is 0. The Morgan fingerprint density at radius 2 is 1.60 bits per heavy atom. The zero-order valence-electron chi connectivity index (χ0n) is 10.5. The van der Waals surface area contributed by atoms with Gasteiger partial charge in [0.1, 0.15) is 5.76 Å². The first-order valence-corrected chi connectivity index (χ1v) is 5.52. The maximum absolute atomic E-state index is 5.48. The van der Waals surface area contributed by atoms with Crippen LogP contribution in [-0.4, -0.2) is 6.10 Å². The maximum Gasteiger partial charge on any atom is 0.119 e. The fourth-order valence-electron chi connectivity index (χ4n) is 1.09. The highest BCUT2D eigenvalue weighted by Crippen LogP contribution is 2.15. The van der Waals surface area contributed by atoms with E-state index in [2.05, 4.69) is 25.6 Å². The number of ether oxygens (including phenoxy) is 1. The third kappa shape index (κ3) is 5.26. The van der Waals surface area contributed by atoms with Crippen molar-refractivity contribution in [3.63, 3.8) is 0 Å². The SMILES string of the molecule is C=C(OC(C)C)c1ccc(C)cc1.CC. The lowest BCUT2D eigenvalue weighted by molar-refractivity contribution is 0.205. The number of hydrogen-bond acceptors (Lipinski definition) is 1. The van der Waals surface area contributed by atoms with Gasteiger partial charge in [0.15, 0.2) is 0 Å². The van der Waals surface area contributed by atoms with Crippen molar-refractivity contribution in [3.05, 3.63) is 42.0 Å². The smallest absolute Gasteiger partial charge is 0.119 e. The Morgan fingerprint density at radius 1 is 1.13 bits per heavy atom. The van der Waals surface area contributed by atoms with Gasteiger partial charge in [-0.05, 0) is 20.8 Å². The number of aryl methyl sites for hydroxylation is 1. The van der Waals surface area contributed by atoms with E-state index in [-0.39, 0.29) is 6.10 Å². The highest BCUT2D eigenvalue weighted by Gasteiger charge is 2.00. The predicted octanol–water partition coefficient (Wildman–Crippen LogP) is 4.42. The molecule has 0 N–H and O–H groups in total. The van der Waals surface area contributed by atoms with Crippen LogP contribution in [0.3, 0.4) is 0 Å². The van der Waals surface area contributed by atoms with Crippen molar-refractivity contribution in [2.75, 3.05) is 0 Å². The molecular formula is C14H22O. The van der Waals surface area contributed by atoms with Gasteiger partial charge in [-0.2, -0.15) is 0 Å². The Hall–Kier alpha value is -1.24. The summed E-state index contributed by atoms with van der Waals surface area (Å²) in [6.45, 7) is 13.9. The van der Waals surface area contributed by atoms with Gasteiger partial charge in [-0.15, -0.1) is 0 Å². The van der Waals surface area contributed by atoms with Gasteiger partial charge >= 0.3 is 0 Å². The van der Waals surface area contributed by atoms with E-state index in [0.29, 0.717) is 0 Å². The van der Waals surface area contributed by atoms with Crippen molar-refractivity contribution in [1.29, 1.82) is 0 Å². The van der Waals surface area contributed by atoms with E-state index in [1.54, 1.807) is 0 Å². The van der Waals surface area contributed by atoms with Crippen molar-refractivity contribution in [2.24, 2.45) is 0 Å². The number of benzene rings is 1. The Bertz CT molecular complexity index is 283. The topological polar surface area (TPSA) is 9.23 Å². The van der Waals surface area contributed by atoms with Crippen LogP contribution in [0.1, 0.15) is 38.8 Å². The van der Waals surface area contributed by atoms with Crippen molar-refractivity contribution >= 4 is 5.76 Å². The van der Waals surface area contributed by atoms with Crippen LogP contribution < -0.4 is 0 Å². The molecule has 0 aliphatic rings. The lowest BCUT2D eigenvalue weighted by Gasteiger charge is -2.12. The minimum atomic E-state index is 0.189. The summed E-state index contributed by atoms with van der Waals surface area (Å²) in [6, 6.07) is 8.18. The number of hydrogen-bond donors (Lipinski definition) is 0. The molecule has 1 heteroatoms. The molecule has 1 nitrogen and oxygen atoms in total. The molecule has 0 spiro atoms. The normalized spacial score (nSPS) is 9.20. The Balaban J connectivity index is 0.000000921. The van der Waals surface area contributed by atoms with E-state index < -0.39 is 0 Å². The average Bonchev–Trinajstić information content (AvgIpc) is 2.20. The molecule has 0 atom stereocenters. The fraction of sp³-hybridized carbons (Fsp3) is 0.429. The summed E-state index contributed by atoms with van der Waals surface area (Å²) in [5.41, 5.74) is 2.31. The second kappa shape index (κ2) is 7.10. The number of rotatable bonds is 3. The molecule has 0 aliphatic carbocycles. The summed E-state index contributed by atoms with van der Waals surface area (Å²) in [6.07, 6.45) is 0.189. The summed E-state index contributed by atoms with van der Waals surface area (Å²) in [5.74, 6) is 0.745. The lowest BCUT2D eigenvalue weighted by Crippen LogP contribution is -2.00. The highest BCUT2D eigenvalue weighted by atomic mass is 16.5. The molecule has 0 aliphatic heterocycles. The van der Waals surface area contributed by atoms with Crippen molar-refractivity contribution < 1.29 is 4.74 Å². The fourth-order valence-corrected chi connectivity index (χ4v) is 1.09. The second-order valence-electron chi connectivity index (χ2n) is 3.46. The molecule has 1 rings (SSSR count). The van der Waals surface area contributed by atoms with Crippen LogP contribution in [0, 0.1) is 6.92 Å². The predicted molar refractivity (Wildman–Crippen MR) is 67.8 cm³/mol. The molecule has 15 heavy (non-hydrogen) atoms. The maximum atomic E-state index is 5.48. The molecule has 0 fully saturated rings. The van der Waals surface area contributed by atoms with Gasteiger partial charge in [0.25, 0.3) is 0 Å². The van der Waals surface area contributed by atoms with Crippen LogP contribution in [0.25, 0.3) is 5.76 Å². The lowest BCUT2D eigenvalue weighted by atomic mass is 10.1. The zero-order chi connectivity index (χ0) is 11.8. The molecule has 0 unspecified atom stereocenters. The molecule has 0 heterocycles. The van der Waals surface area contributed by atoms with Gasteiger partial charge in [0, 0.05) is 5.56 Å². The van der Waals surface area contributed by atoms with E-state index in [0.717, 1.165) is 11.3 Å². The Kier molecular flexibility index (Phi) is 6.52. The first-order valence-electron chi connectivity index (χ1n) is 5.52. The van der Waals surface area contributed by atoms with Crippen LogP contribution in [0.15, 0.2) is 30.8 Å². The minimum Gasteiger partial charge on any atom is -0.491 e. The van der Waals surface area contributed by atoms with E-state index >= 15 is 0 Å². The van der Waals surface area contributed by atoms with Gasteiger partial charge in [0.05, 0.1) is 6.10 Å². The largest absolute Gasteiger partial charge is 0.491 e. The van der Waals surface area contributed by atoms with Gasteiger partial charge in [-0.1, -0.05) is 50.3 Å². The molecule has 0 saturated carbocycles. The van der Waals surface area contributed by atoms with Crippen LogP contribution in [0.5, 0.6) is 0 Å². The Morgan fingerprint density at radius 3 is 2.00 bits per heavy atom. The van der Waals surface area contributed by atoms with Gasteiger partial charge in [0.2, 0.25) is 0 Å². The summed E-state index contributed by atoms with van der Waals surface area (Å²) in [4.78, 5) is 0. The van der Waals surface area contributed by atoms with Crippen LogP contribution in [-0.2, 0) is 4.74 Å². The van der Waals surface area contributed by atoms with Crippen LogP contribution >= 0.6 is 0 Å². The first-order chi connectivity index (χ1) is 7.09. The van der Waals surface area contributed by atoms with Crippen molar-refractivity contribution in [2.45, 2.75) is 40.7 Å². The van der Waals surface area contributed by atoms with Crippen molar-refractivity contribution in [1.82, 2.24) is 0 Å². The minimum absolute atomic E-state index is 0.189. The van der Waals surface area contributed by atoms with E-state index in [9.17, 15) is 0 Å². The summed E-state index contributed by atoms with van der Waals surface area (Å²) >= 11 is 0. The molecule has 0 radical (unpaired) electrons. The molecular weight excluding hydrogens is 184 g/mol. The molecule has 84 valence electrons. The molecule has 0 saturated heterocycles. The third-order valence-electron chi connectivity index (χ3n) is 1.75. The average molecular weight is 206 g/mol. The standard InChI is InChI=1S/C12H16O.C2H6/c1-9(2)13-11(4)12-7-5-10(3)6-8-12;1-2/h5-9H,4H2,1-3H3;1-2H3. The van der Waals surface area contributed by atoms with Gasteiger partial charge in [-0.3, -0.25) is 0 Å². The summed E-state index contributed by atoms with van der Waals surface area (Å²) < 4.78 is 5.48. The molecule has 0 amide bonds. The van der Waals surface area contributed by atoms with E-state index in [1.165, 1.54) is 5.56 Å². The first kappa shape index (κ1) is 13.8. The van der Waals surface area contributed by atoms with Crippen molar-refractivity contribution in [3.8, 4) is 0 Å². The highest BCUT2D eigenvalue weighted by molar-refractivity contribution is 5.57. The molecule has 1 aromatic rings. The third-order valence-corrected chi connectivity index (χ3v) is 1.75. The van der Waals surface area contributed by atoms with Gasteiger partial charge < -0.3 is 4.74 Å². The monoisotopic (exact) mass is 206 g/mol. The zero-order valence-corrected chi connectivity index (χ0v) is 10.5. The molecule has 0 bridgehead atoms.